The smallest absolute Gasteiger partial charge is 0.225 e. The summed E-state index contributed by atoms with van der Waals surface area (Å²) in [5.74, 6) is 1.20. The quantitative estimate of drug-likeness (QED) is 0.946. The van der Waals surface area contributed by atoms with Crippen LogP contribution in [0.3, 0.4) is 0 Å². The van der Waals surface area contributed by atoms with Gasteiger partial charge < -0.3 is 10.2 Å². The molecule has 1 N–H and O–H groups in total. The molecule has 1 aromatic carbocycles. The third-order valence-electron chi connectivity index (χ3n) is 4.74. The number of carbonyl (C=O) groups excluding carboxylic acids is 1. The van der Waals surface area contributed by atoms with Gasteiger partial charge in [-0.05, 0) is 44.7 Å². The molecule has 0 unspecified atom stereocenters. The van der Waals surface area contributed by atoms with Crippen LogP contribution in [-0.4, -0.2) is 35.0 Å². The summed E-state index contributed by atoms with van der Waals surface area (Å²) in [7, 11) is 0. The van der Waals surface area contributed by atoms with Crippen molar-refractivity contribution in [1.82, 2.24) is 15.3 Å². The Balaban J connectivity index is 1.56. The highest BCUT2D eigenvalue weighted by Crippen LogP contribution is 2.27. The number of amides is 1. The first-order valence-electron chi connectivity index (χ1n) is 8.49. The Labute approximate surface area is 136 Å². The van der Waals surface area contributed by atoms with Crippen LogP contribution in [-0.2, 0) is 4.79 Å². The van der Waals surface area contributed by atoms with Crippen LogP contribution in [0.2, 0.25) is 0 Å². The third kappa shape index (κ3) is 3.00. The molecule has 120 valence electrons. The summed E-state index contributed by atoms with van der Waals surface area (Å²) in [5, 5.41) is 3.14. The van der Waals surface area contributed by atoms with E-state index in [2.05, 4.69) is 15.2 Å². The number of aromatic nitrogens is 2. The zero-order chi connectivity index (χ0) is 15.8. The van der Waals surface area contributed by atoms with Crippen molar-refractivity contribution in [1.29, 1.82) is 0 Å². The van der Waals surface area contributed by atoms with Gasteiger partial charge in [0.15, 0.2) is 5.82 Å². The van der Waals surface area contributed by atoms with Gasteiger partial charge in [-0.1, -0.05) is 12.1 Å². The molecule has 4 rings (SSSR count). The van der Waals surface area contributed by atoms with Gasteiger partial charge in [-0.2, -0.15) is 0 Å². The highest BCUT2D eigenvalue weighted by atomic mass is 16.2. The average molecular weight is 310 g/mol. The molecule has 5 heteroatoms. The molecular formula is C18H22N4O. The van der Waals surface area contributed by atoms with Crippen LogP contribution in [0.4, 0.5) is 5.82 Å². The van der Waals surface area contributed by atoms with E-state index in [-0.39, 0.29) is 11.8 Å². The van der Waals surface area contributed by atoms with Crippen molar-refractivity contribution in [3.05, 3.63) is 30.0 Å². The van der Waals surface area contributed by atoms with Gasteiger partial charge in [0.2, 0.25) is 5.91 Å². The van der Waals surface area contributed by atoms with Crippen molar-refractivity contribution in [2.75, 3.05) is 18.0 Å². The first kappa shape index (κ1) is 14.4. The van der Waals surface area contributed by atoms with Crippen LogP contribution in [0, 0.1) is 12.8 Å². The Morgan fingerprint density at radius 1 is 1.17 bits per heavy atom. The molecule has 1 amide bonds. The highest BCUT2D eigenvalue weighted by Gasteiger charge is 2.31. The van der Waals surface area contributed by atoms with E-state index in [1.807, 2.05) is 31.2 Å². The number of carbonyl (C=O) groups is 1. The van der Waals surface area contributed by atoms with Crippen LogP contribution in [0.5, 0.6) is 0 Å². The van der Waals surface area contributed by atoms with E-state index >= 15 is 0 Å². The Morgan fingerprint density at radius 2 is 1.91 bits per heavy atom. The molecule has 1 saturated carbocycles. The van der Waals surface area contributed by atoms with E-state index in [1.54, 1.807) is 0 Å². The zero-order valence-electron chi connectivity index (χ0n) is 13.5. The van der Waals surface area contributed by atoms with E-state index in [0.717, 1.165) is 61.3 Å². The van der Waals surface area contributed by atoms with Gasteiger partial charge in [0, 0.05) is 19.1 Å². The highest BCUT2D eigenvalue weighted by molar-refractivity contribution is 5.80. The molecule has 0 radical (unpaired) electrons. The maximum atomic E-state index is 12.3. The number of hydrogen-bond acceptors (Lipinski definition) is 4. The van der Waals surface area contributed by atoms with Crippen molar-refractivity contribution in [3.63, 3.8) is 0 Å². The molecule has 23 heavy (non-hydrogen) atoms. The fourth-order valence-corrected chi connectivity index (χ4v) is 3.31. The predicted octanol–water partition coefficient (Wildman–Crippen LogP) is 2.43. The fraction of sp³-hybridized carbons (Fsp3) is 0.500. The molecule has 1 aromatic heterocycles. The van der Waals surface area contributed by atoms with Gasteiger partial charge in [-0.15, -0.1) is 0 Å². The number of hydrogen-bond donors (Lipinski definition) is 1. The number of nitrogens with one attached hydrogen (secondary N) is 1. The second-order valence-corrected chi connectivity index (χ2v) is 6.69. The van der Waals surface area contributed by atoms with E-state index in [4.69, 9.17) is 4.98 Å². The van der Waals surface area contributed by atoms with E-state index in [1.165, 1.54) is 0 Å². The Bertz CT molecular complexity index is 741. The van der Waals surface area contributed by atoms with Gasteiger partial charge in [-0.25, -0.2) is 9.97 Å². The van der Waals surface area contributed by atoms with Crippen LogP contribution in [0.15, 0.2) is 24.3 Å². The van der Waals surface area contributed by atoms with E-state index < -0.39 is 0 Å². The van der Waals surface area contributed by atoms with Crippen molar-refractivity contribution in [3.8, 4) is 0 Å². The summed E-state index contributed by atoms with van der Waals surface area (Å²) in [6, 6.07) is 8.38. The number of aryl methyl sites for hydroxylation is 1. The van der Waals surface area contributed by atoms with Gasteiger partial charge in [-0.3, -0.25) is 4.79 Å². The number of anilines is 1. The van der Waals surface area contributed by atoms with Crippen molar-refractivity contribution >= 4 is 22.8 Å². The second kappa shape index (κ2) is 5.80. The second-order valence-electron chi connectivity index (χ2n) is 6.69. The summed E-state index contributed by atoms with van der Waals surface area (Å²) in [6.07, 6.45) is 4.26. The minimum absolute atomic E-state index is 0.0667. The minimum atomic E-state index is 0.0667. The summed E-state index contributed by atoms with van der Waals surface area (Å²) in [5.41, 5.74) is 2.78. The fourth-order valence-electron chi connectivity index (χ4n) is 3.31. The molecular weight excluding hydrogens is 288 g/mol. The lowest BCUT2D eigenvalue weighted by molar-refractivity contribution is -0.125. The minimum Gasteiger partial charge on any atom is -0.354 e. The number of fused-ring (bicyclic) bond motifs is 1. The number of piperidine rings is 1. The van der Waals surface area contributed by atoms with Gasteiger partial charge >= 0.3 is 0 Å². The number of para-hydroxylation sites is 2. The largest absolute Gasteiger partial charge is 0.354 e. The molecule has 1 aliphatic carbocycles. The van der Waals surface area contributed by atoms with Gasteiger partial charge in [0.05, 0.1) is 22.6 Å². The molecule has 0 bridgehead atoms. The average Bonchev–Trinajstić information content (AvgIpc) is 3.38. The van der Waals surface area contributed by atoms with Crippen LogP contribution >= 0.6 is 0 Å². The summed E-state index contributed by atoms with van der Waals surface area (Å²) >= 11 is 0. The molecule has 2 aromatic rings. The SMILES string of the molecule is Cc1nc2ccccc2nc1N1CCC[C@@H](C(=O)NC2CC2)C1. The standard InChI is InChI=1S/C18H22N4O/c1-12-17(21-16-7-3-2-6-15(16)19-12)22-10-4-5-13(11-22)18(23)20-14-8-9-14/h2-3,6-7,13-14H,4-5,8-11H2,1H3,(H,20,23)/t13-/m1/s1. The van der Waals surface area contributed by atoms with Gasteiger partial charge in [0.25, 0.3) is 0 Å². The first-order chi connectivity index (χ1) is 11.2. The van der Waals surface area contributed by atoms with E-state index in [0.29, 0.717) is 6.04 Å². The first-order valence-corrected chi connectivity index (χ1v) is 8.49. The summed E-state index contributed by atoms with van der Waals surface area (Å²) in [6.45, 7) is 3.69. The van der Waals surface area contributed by atoms with Gasteiger partial charge in [0.1, 0.15) is 0 Å². The molecule has 2 fully saturated rings. The van der Waals surface area contributed by atoms with E-state index in [9.17, 15) is 4.79 Å². The van der Waals surface area contributed by atoms with Crippen molar-refractivity contribution < 1.29 is 4.79 Å². The van der Waals surface area contributed by atoms with Crippen LogP contribution in [0.25, 0.3) is 11.0 Å². The van der Waals surface area contributed by atoms with Crippen molar-refractivity contribution in [2.45, 2.75) is 38.6 Å². The number of benzene rings is 1. The molecule has 1 aliphatic heterocycles. The topological polar surface area (TPSA) is 58.1 Å². The Hall–Kier alpha value is -2.17. The predicted molar refractivity (Wildman–Crippen MR) is 90.4 cm³/mol. The molecule has 5 nitrogen and oxygen atoms in total. The Morgan fingerprint density at radius 3 is 2.65 bits per heavy atom. The third-order valence-corrected chi connectivity index (χ3v) is 4.74. The lowest BCUT2D eigenvalue weighted by Crippen LogP contribution is -2.44. The monoisotopic (exact) mass is 310 g/mol. The maximum absolute atomic E-state index is 12.3. The zero-order valence-corrected chi connectivity index (χ0v) is 13.5. The van der Waals surface area contributed by atoms with Crippen molar-refractivity contribution in [2.24, 2.45) is 5.92 Å². The summed E-state index contributed by atoms with van der Waals surface area (Å²) in [4.78, 5) is 24.1. The maximum Gasteiger partial charge on any atom is 0.225 e. The normalized spacial score (nSPS) is 21.4. The molecule has 0 spiro atoms. The van der Waals surface area contributed by atoms with Crippen LogP contribution in [0.1, 0.15) is 31.4 Å². The molecule has 2 heterocycles. The molecule has 2 aliphatic rings. The van der Waals surface area contributed by atoms with Crippen LogP contribution < -0.4 is 10.2 Å². The molecule has 1 saturated heterocycles. The lowest BCUT2D eigenvalue weighted by atomic mass is 9.97. The molecule has 1 atom stereocenters. The summed E-state index contributed by atoms with van der Waals surface area (Å²) < 4.78 is 0. The lowest BCUT2D eigenvalue weighted by Gasteiger charge is -2.33. The number of nitrogens with zero attached hydrogens (tertiary/aromatic N) is 3. The number of rotatable bonds is 3. The Kier molecular flexibility index (Phi) is 3.63.